The van der Waals surface area contributed by atoms with Crippen molar-refractivity contribution in [2.24, 2.45) is 5.92 Å². The van der Waals surface area contributed by atoms with Crippen LogP contribution in [0.15, 0.2) is 18.2 Å². The number of amides is 1. The van der Waals surface area contributed by atoms with E-state index in [9.17, 15) is 13.6 Å². The first-order valence-corrected chi connectivity index (χ1v) is 5.87. The normalized spacial score (nSPS) is 12.2. The minimum Gasteiger partial charge on any atom is -0.352 e. The number of carbonyl (C=O) groups is 1. The summed E-state index contributed by atoms with van der Waals surface area (Å²) in [7, 11) is 0. The summed E-state index contributed by atoms with van der Waals surface area (Å²) in [4.78, 5) is 11.6. The van der Waals surface area contributed by atoms with Crippen molar-refractivity contribution in [2.75, 3.05) is 12.4 Å². The molecular weight excluding hydrogens is 248 g/mol. The topological polar surface area (TPSA) is 29.1 Å². The Hall–Kier alpha value is -1.16. The molecule has 0 heterocycles. The molecule has 1 aromatic carbocycles. The zero-order chi connectivity index (χ0) is 12.8. The number of rotatable bonds is 5. The van der Waals surface area contributed by atoms with Gasteiger partial charge < -0.3 is 5.32 Å². The van der Waals surface area contributed by atoms with Crippen molar-refractivity contribution >= 4 is 17.5 Å². The summed E-state index contributed by atoms with van der Waals surface area (Å²) in [6, 6.07) is 3.07. The number of hydrogen-bond donors (Lipinski definition) is 1. The molecule has 0 saturated carbocycles. The molecular formula is C12H14ClF2NO. The molecule has 1 amide bonds. The first-order chi connectivity index (χ1) is 8.04. The molecule has 1 N–H and O–H groups in total. The minimum absolute atomic E-state index is 0.113. The van der Waals surface area contributed by atoms with Crippen LogP contribution in [0.25, 0.3) is 0 Å². The average Bonchev–Trinajstić information content (AvgIpc) is 2.30. The smallest absolute Gasteiger partial charge is 0.251 e. The second kappa shape index (κ2) is 6.55. The standard InChI is InChI=1S/C12H14ClF2NO/c1-8(4-5-13)7-16-12(17)9-2-3-10(14)11(15)6-9/h2-3,6,8H,4-5,7H2,1H3,(H,16,17). The van der Waals surface area contributed by atoms with Crippen molar-refractivity contribution in [3.63, 3.8) is 0 Å². The third-order valence-electron chi connectivity index (χ3n) is 2.39. The first kappa shape index (κ1) is 13.9. The Morgan fingerprint density at radius 3 is 2.71 bits per heavy atom. The van der Waals surface area contributed by atoms with Crippen LogP contribution in [-0.2, 0) is 0 Å². The van der Waals surface area contributed by atoms with Gasteiger partial charge in [0.15, 0.2) is 11.6 Å². The molecule has 1 unspecified atom stereocenters. The molecule has 1 atom stereocenters. The molecule has 0 aliphatic carbocycles. The fourth-order valence-electron chi connectivity index (χ4n) is 1.29. The van der Waals surface area contributed by atoms with Crippen LogP contribution >= 0.6 is 11.6 Å². The third-order valence-corrected chi connectivity index (χ3v) is 2.61. The third kappa shape index (κ3) is 4.30. The van der Waals surface area contributed by atoms with Crippen LogP contribution in [0.5, 0.6) is 0 Å². The van der Waals surface area contributed by atoms with Crippen molar-refractivity contribution in [2.45, 2.75) is 13.3 Å². The molecule has 0 aliphatic rings. The van der Waals surface area contributed by atoms with Gasteiger partial charge in [-0.3, -0.25) is 4.79 Å². The quantitative estimate of drug-likeness (QED) is 0.812. The van der Waals surface area contributed by atoms with Crippen molar-refractivity contribution in [3.05, 3.63) is 35.4 Å². The van der Waals surface area contributed by atoms with E-state index in [0.717, 1.165) is 18.6 Å². The maximum absolute atomic E-state index is 12.9. The van der Waals surface area contributed by atoms with Crippen LogP contribution < -0.4 is 5.32 Å². The fourth-order valence-corrected chi connectivity index (χ4v) is 1.67. The summed E-state index contributed by atoms with van der Waals surface area (Å²) in [6.07, 6.45) is 0.791. The van der Waals surface area contributed by atoms with Crippen LogP contribution in [0.3, 0.4) is 0 Å². The van der Waals surface area contributed by atoms with E-state index in [2.05, 4.69) is 5.32 Å². The van der Waals surface area contributed by atoms with Gasteiger partial charge in [0.25, 0.3) is 5.91 Å². The summed E-state index contributed by atoms with van der Waals surface area (Å²) in [5.74, 6) is -1.61. The highest BCUT2D eigenvalue weighted by Crippen LogP contribution is 2.09. The molecule has 2 nitrogen and oxygen atoms in total. The van der Waals surface area contributed by atoms with Gasteiger partial charge in [-0.25, -0.2) is 8.78 Å². The zero-order valence-electron chi connectivity index (χ0n) is 9.47. The van der Waals surface area contributed by atoms with E-state index in [0.29, 0.717) is 12.4 Å². The lowest BCUT2D eigenvalue weighted by molar-refractivity contribution is 0.0947. The fraction of sp³-hybridized carbons (Fsp3) is 0.417. The highest BCUT2D eigenvalue weighted by Gasteiger charge is 2.10. The maximum Gasteiger partial charge on any atom is 0.251 e. The van der Waals surface area contributed by atoms with Crippen molar-refractivity contribution in [1.82, 2.24) is 5.32 Å². The number of halogens is 3. The Morgan fingerprint density at radius 1 is 1.41 bits per heavy atom. The highest BCUT2D eigenvalue weighted by atomic mass is 35.5. The van der Waals surface area contributed by atoms with E-state index in [4.69, 9.17) is 11.6 Å². The second-order valence-electron chi connectivity index (χ2n) is 3.92. The summed E-state index contributed by atoms with van der Waals surface area (Å²) in [5, 5.41) is 2.64. The van der Waals surface area contributed by atoms with Gasteiger partial charge in [0.05, 0.1) is 0 Å². The Kier molecular flexibility index (Phi) is 5.35. The lowest BCUT2D eigenvalue weighted by Crippen LogP contribution is -2.28. The predicted octanol–water partition coefficient (Wildman–Crippen LogP) is 2.96. The van der Waals surface area contributed by atoms with E-state index in [1.165, 1.54) is 6.07 Å². The number of carbonyl (C=O) groups excluding carboxylic acids is 1. The van der Waals surface area contributed by atoms with E-state index < -0.39 is 17.5 Å². The number of benzene rings is 1. The maximum atomic E-state index is 12.9. The van der Waals surface area contributed by atoms with E-state index in [1.54, 1.807) is 0 Å². The average molecular weight is 262 g/mol. The van der Waals surface area contributed by atoms with Gasteiger partial charge in [0.2, 0.25) is 0 Å². The van der Waals surface area contributed by atoms with Gasteiger partial charge in [-0.05, 0) is 30.5 Å². The predicted molar refractivity (Wildman–Crippen MR) is 63.2 cm³/mol. The summed E-state index contributed by atoms with van der Waals surface area (Å²) in [6.45, 7) is 2.42. The van der Waals surface area contributed by atoms with Crippen molar-refractivity contribution < 1.29 is 13.6 Å². The minimum atomic E-state index is -1.02. The van der Waals surface area contributed by atoms with Crippen LogP contribution in [0.2, 0.25) is 0 Å². The lowest BCUT2D eigenvalue weighted by Gasteiger charge is -2.11. The second-order valence-corrected chi connectivity index (χ2v) is 4.30. The van der Waals surface area contributed by atoms with Crippen LogP contribution in [0.4, 0.5) is 8.78 Å². The monoisotopic (exact) mass is 261 g/mol. The first-order valence-electron chi connectivity index (χ1n) is 5.33. The van der Waals surface area contributed by atoms with Crippen LogP contribution in [-0.4, -0.2) is 18.3 Å². The van der Waals surface area contributed by atoms with E-state index in [1.807, 2.05) is 6.92 Å². The summed E-state index contributed by atoms with van der Waals surface area (Å²) in [5.41, 5.74) is 0.113. The van der Waals surface area contributed by atoms with Gasteiger partial charge in [0.1, 0.15) is 0 Å². The largest absolute Gasteiger partial charge is 0.352 e. The van der Waals surface area contributed by atoms with E-state index >= 15 is 0 Å². The molecule has 0 bridgehead atoms. The summed E-state index contributed by atoms with van der Waals surface area (Å²) < 4.78 is 25.5. The van der Waals surface area contributed by atoms with Gasteiger partial charge in [-0.15, -0.1) is 11.6 Å². The van der Waals surface area contributed by atoms with Crippen LogP contribution in [0.1, 0.15) is 23.7 Å². The molecule has 17 heavy (non-hydrogen) atoms. The molecule has 5 heteroatoms. The summed E-state index contributed by atoms with van der Waals surface area (Å²) >= 11 is 5.56. The molecule has 1 aromatic rings. The molecule has 0 saturated heterocycles. The number of hydrogen-bond acceptors (Lipinski definition) is 1. The molecule has 1 rings (SSSR count). The Bertz CT molecular complexity index is 398. The lowest BCUT2D eigenvalue weighted by atomic mass is 10.1. The van der Waals surface area contributed by atoms with Gasteiger partial charge in [-0.1, -0.05) is 6.92 Å². The molecule has 0 fully saturated rings. The van der Waals surface area contributed by atoms with Crippen molar-refractivity contribution in [3.8, 4) is 0 Å². The highest BCUT2D eigenvalue weighted by molar-refractivity contribution is 6.17. The zero-order valence-corrected chi connectivity index (χ0v) is 10.2. The molecule has 0 aromatic heterocycles. The number of alkyl halides is 1. The van der Waals surface area contributed by atoms with E-state index in [-0.39, 0.29) is 11.5 Å². The Labute approximate surface area is 104 Å². The SMILES string of the molecule is CC(CCCl)CNC(=O)c1ccc(F)c(F)c1. The van der Waals surface area contributed by atoms with Crippen molar-refractivity contribution in [1.29, 1.82) is 0 Å². The Morgan fingerprint density at radius 2 is 2.12 bits per heavy atom. The Balaban J connectivity index is 2.55. The van der Waals surface area contributed by atoms with Gasteiger partial charge in [-0.2, -0.15) is 0 Å². The molecule has 94 valence electrons. The van der Waals surface area contributed by atoms with Gasteiger partial charge >= 0.3 is 0 Å². The molecule has 0 aliphatic heterocycles. The molecule has 0 spiro atoms. The van der Waals surface area contributed by atoms with Crippen LogP contribution in [0, 0.1) is 17.6 Å². The van der Waals surface area contributed by atoms with Gasteiger partial charge in [0, 0.05) is 18.0 Å². The number of nitrogens with one attached hydrogen (secondary N) is 1. The molecule has 0 radical (unpaired) electrons.